The maximum absolute atomic E-state index is 8.82. The highest BCUT2D eigenvalue weighted by Crippen LogP contribution is 2.21. The van der Waals surface area contributed by atoms with Gasteiger partial charge in [0.15, 0.2) is 0 Å². The van der Waals surface area contributed by atoms with E-state index >= 15 is 0 Å². The summed E-state index contributed by atoms with van der Waals surface area (Å²) in [6, 6.07) is 3.71. The van der Waals surface area contributed by atoms with Crippen LogP contribution in [0.4, 0.5) is 0 Å². The van der Waals surface area contributed by atoms with Crippen molar-refractivity contribution in [3.8, 4) is 11.9 Å². The fourth-order valence-corrected chi connectivity index (χ4v) is 1.37. The van der Waals surface area contributed by atoms with Crippen LogP contribution in [0.25, 0.3) is 0 Å². The third-order valence-corrected chi connectivity index (χ3v) is 2.26. The fourth-order valence-electron chi connectivity index (χ4n) is 1.04. The lowest BCUT2D eigenvalue weighted by Crippen LogP contribution is -2.38. The van der Waals surface area contributed by atoms with Crippen LogP contribution in [0.5, 0.6) is 5.88 Å². The summed E-state index contributed by atoms with van der Waals surface area (Å²) in [5.41, 5.74) is 0.436. The standard InChI is InChI=1S/C9H7BrN2O2/c10-7-1-6(2-11)9(12-3-7)14-8-4-13-5-8/h1,3,8H,4-5H2. The monoisotopic (exact) mass is 254 g/mol. The van der Waals surface area contributed by atoms with Gasteiger partial charge in [0.1, 0.15) is 17.7 Å². The molecule has 0 radical (unpaired) electrons. The molecule has 1 fully saturated rings. The smallest absolute Gasteiger partial charge is 0.232 e. The Bertz CT molecular complexity index is 385. The molecule has 72 valence electrons. The van der Waals surface area contributed by atoms with Crippen LogP contribution in [0.15, 0.2) is 16.7 Å². The molecule has 0 unspecified atom stereocenters. The first-order valence-corrected chi connectivity index (χ1v) is 4.89. The Balaban J connectivity index is 2.19. The zero-order chi connectivity index (χ0) is 9.97. The zero-order valence-corrected chi connectivity index (χ0v) is 8.82. The molecular formula is C9H7BrN2O2. The van der Waals surface area contributed by atoms with E-state index in [2.05, 4.69) is 20.9 Å². The Morgan fingerprint density at radius 3 is 3.00 bits per heavy atom. The minimum absolute atomic E-state index is 0.0378. The topological polar surface area (TPSA) is 55.1 Å². The molecule has 5 heteroatoms. The van der Waals surface area contributed by atoms with E-state index in [-0.39, 0.29) is 6.10 Å². The van der Waals surface area contributed by atoms with E-state index in [4.69, 9.17) is 14.7 Å². The van der Waals surface area contributed by atoms with Gasteiger partial charge in [0, 0.05) is 10.7 Å². The highest BCUT2D eigenvalue weighted by molar-refractivity contribution is 9.10. The van der Waals surface area contributed by atoms with E-state index in [0.29, 0.717) is 24.7 Å². The average molecular weight is 255 g/mol. The fraction of sp³-hybridized carbons (Fsp3) is 0.333. The number of hydrogen-bond donors (Lipinski definition) is 0. The molecule has 1 saturated heterocycles. The van der Waals surface area contributed by atoms with Crippen molar-refractivity contribution >= 4 is 15.9 Å². The van der Waals surface area contributed by atoms with Crippen molar-refractivity contribution in [3.05, 3.63) is 22.3 Å². The molecule has 0 aromatic carbocycles. The van der Waals surface area contributed by atoms with Crippen molar-refractivity contribution < 1.29 is 9.47 Å². The van der Waals surface area contributed by atoms with Gasteiger partial charge in [0.05, 0.1) is 13.2 Å². The van der Waals surface area contributed by atoms with E-state index in [9.17, 15) is 0 Å². The highest BCUT2D eigenvalue weighted by atomic mass is 79.9. The third-order valence-electron chi connectivity index (χ3n) is 1.82. The number of rotatable bonds is 2. The number of halogens is 1. The van der Waals surface area contributed by atoms with E-state index < -0.39 is 0 Å². The van der Waals surface area contributed by atoms with Gasteiger partial charge in [-0.3, -0.25) is 0 Å². The Morgan fingerprint density at radius 2 is 2.43 bits per heavy atom. The van der Waals surface area contributed by atoms with Crippen molar-refractivity contribution in [1.82, 2.24) is 4.98 Å². The molecule has 1 aromatic heterocycles. The quantitative estimate of drug-likeness (QED) is 0.803. The lowest BCUT2D eigenvalue weighted by Gasteiger charge is -2.26. The Morgan fingerprint density at radius 1 is 1.64 bits per heavy atom. The van der Waals surface area contributed by atoms with Gasteiger partial charge in [-0.05, 0) is 22.0 Å². The number of aromatic nitrogens is 1. The highest BCUT2D eigenvalue weighted by Gasteiger charge is 2.22. The Kier molecular flexibility index (Phi) is 2.66. The molecule has 0 bridgehead atoms. The van der Waals surface area contributed by atoms with Gasteiger partial charge >= 0.3 is 0 Å². The van der Waals surface area contributed by atoms with Crippen molar-refractivity contribution in [1.29, 1.82) is 5.26 Å². The maximum atomic E-state index is 8.82. The van der Waals surface area contributed by atoms with Gasteiger partial charge in [-0.1, -0.05) is 0 Å². The molecule has 2 heterocycles. The summed E-state index contributed by atoms with van der Waals surface area (Å²) in [4.78, 5) is 4.02. The predicted molar refractivity (Wildman–Crippen MR) is 51.9 cm³/mol. The number of nitriles is 1. The Labute approximate surface area is 89.6 Å². The molecule has 1 aliphatic heterocycles. The zero-order valence-electron chi connectivity index (χ0n) is 7.24. The summed E-state index contributed by atoms with van der Waals surface area (Å²) in [5, 5.41) is 8.82. The lowest BCUT2D eigenvalue weighted by molar-refractivity contribution is -0.0814. The molecule has 14 heavy (non-hydrogen) atoms. The minimum Gasteiger partial charge on any atom is -0.468 e. The molecule has 0 amide bonds. The van der Waals surface area contributed by atoms with Gasteiger partial charge in [-0.25, -0.2) is 4.98 Å². The third kappa shape index (κ3) is 1.86. The molecule has 0 aliphatic carbocycles. The second-order valence-electron chi connectivity index (χ2n) is 2.90. The summed E-state index contributed by atoms with van der Waals surface area (Å²) in [5.74, 6) is 0.379. The molecule has 1 aliphatic rings. The Hall–Kier alpha value is -1.12. The minimum atomic E-state index is 0.0378. The van der Waals surface area contributed by atoms with Gasteiger partial charge in [-0.15, -0.1) is 0 Å². The van der Waals surface area contributed by atoms with E-state index in [1.807, 2.05) is 6.07 Å². The molecule has 0 atom stereocenters. The number of ether oxygens (including phenoxy) is 2. The first-order chi connectivity index (χ1) is 6.79. The van der Waals surface area contributed by atoms with Gasteiger partial charge in [0.2, 0.25) is 5.88 Å². The predicted octanol–water partition coefficient (Wildman–Crippen LogP) is 1.49. The van der Waals surface area contributed by atoms with E-state index in [1.54, 1.807) is 12.3 Å². The van der Waals surface area contributed by atoms with Crippen molar-refractivity contribution in [2.24, 2.45) is 0 Å². The molecule has 0 saturated carbocycles. The van der Waals surface area contributed by atoms with E-state index in [0.717, 1.165) is 4.47 Å². The molecule has 1 aromatic rings. The molecule has 0 spiro atoms. The summed E-state index contributed by atoms with van der Waals surface area (Å²) < 4.78 is 11.2. The van der Waals surface area contributed by atoms with Gasteiger partial charge in [-0.2, -0.15) is 5.26 Å². The largest absolute Gasteiger partial charge is 0.468 e. The van der Waals surface area contributed by atoms with Crippen LogP contribution >= 0.6 is 15.9 Å². The molecule has 4 nitrogen and oxygen atoms in total. The average Bonchev–Trinajstić information content (AvgIpc) is 2.13. The first-order valence-electron chi connectivity index (χ1n) is 4.09. The maximum Gasteiger partial charge on any atom is 0.232 e. The summed E-state index contributed by atoms with van der Waals surface area (Å²) in [6.07, 6.45) is 1.64. The summed E-state index contributed by atoms with van der Waals surface area (Å²) >= 11 is 3.24. The van der Waals surface area contributed by atoms with Crippen LogP contribution < -0.4 is 4.74 Å². The number of pyridine rings is 1. The lowest BCUT2D eigenvalue weighted by atomic mass is 10.3. The molecule has 2 rings (SSSR count). The molecule has 0 N–H and O–H groups in total. The van der Waals surface area contributed by atoms with E-state index in [1.165, 1.54) is 0 Å². The van der Waals surface area contributed by atoms with Crippen LogP contribution in [-0.4, -0.2) is 24.3 Å². The summed E-state index contributed by atoms with van der Waals surface area (Å²) in [6.45, 7) is 1.14. The van der Waals surface area contributed by atoms with Gasteiger partial charge in [0.25, 0.3) is 0 Å². The second-order valence-corrected chi connectivity index (χ2v) is 3.81. The normalized spacial score (nSPS) is 15.7. The van der Waals surface area contributed by atoms with Crippen LogP contribution in [0.3, 0.4) is 0 Å². The summed E-state index contributed by atoms with van der Waals surface area (Å²) in [7, 11) is 0. The van der Waals surface area contributed by atoms with Crippen LogP contribution in [0.1, 0.15) is 5.56 Å². The van der Waals surface area contributed by atoms with Crippen LogP contribution in [-0.2, 0) is 4.74 Å². The van der Waals surface area contributed by atoms with Crippen LogP contribution in [0.2, 0.25) is 0 Å². The van der Waals surface area contributed by atoms with Crippen molar-refractivity contribution in [2.45, 2.75) is 6.10 Å². The van der Waals surface area contributed by atoms with Crippen molar-refractivity contribution in [3.63, 3.8) is 0 Å². The van der Waals surface area contributed by atoms with Gasteiger partial charge < -0.3 is 9.47 Å². The van der Waals surface area contributed by atoms with Crippen molar-refractivity contribution in [2.75, 3.05) is 13.2 Å². The molecular weight excluding hydrogens is 248 g/mol. The SMILES string of the molecule is N#Cc1cc(Br)cnc1OC1COC1. The number of nitrogens with zero attached hydrogens (tertiary/aromatic N) is 2. The number of hydrogen-bond acceptors (Lipinski definition) is 4. The van der Waals surface area contributed by atoms with Crippen LogP contribution in [0, 0.1) is 11.3 Å². The second kappa shape index (κ2) is 3.95. The first kappa shape index (κ1) is 9.44.